The van der Waals surface area contributed by atoms with E-state index in [9.17, 15) is 10.2 Å². The molecule has 0 radical (unpaired) electrons. The topological polar surface area (TPSA) is 49.7 Å². The van der Waals surface area contributed by atoms with Gasteiger partial charge < -0.3 is 14.9 Å². The Morgan fingerprint density at radius 2 is 1.90 bits per heavy atom. The molecule has 3 nitrogen and oxygen atoms in total. The Bertz CT molecular complexity index is 115. The fraction of sp³-hybridized carbons (Fsp3) is 1.00. The third-order valence-corrected chi connectivity index (χ3v) is 1.70. The average Bonchev–Trinajstić information content (AvgIpc) is 1.56. The zero-order valence-corrected chi connectivity index (χ0v) is 6.42. The summed E-state index contributed by atoms with van der Waals surface area (Å²) in [5.41, 5.74) is -0.387. The Kier molecular flexibility index (Phi) is 1.75. The molecule has 0 aromatic carbocycles. The standard InChI is InChI=1S/C7H14O3/c1-6(2)5-7(8,9)3-4-10-6/h8-9H,3-5H2,1-2H3. The highest BCUT2D eigenvalue weighted by molar-refractivity contribution is 4.82. The number of hydrogen-bond donors (Lipinski definition) is 2. The zero-order chi connectivity index (χ0) is 7.83. The predicted molar refractivity (Wildman–Crippen MR) is 36.4 cm³/mol. The molecular weight excluding hydrogens is 132 g/mol. The summed E-state index contributed by atoms with van der Waals surface area (Å²) in [5.74, 6) is -1.51. The summed E-state index contributed by atoms with van der Waals surface area (Å²) in [6.45, 7) is 4.14. The zero-order valence-electron chi connectivity index (χ0n) is 6.42. The molecule has 1 aliphatic heterocycles. The summed E-state index contributed by atoms with van der Waals surface area (Å²) in [4.78, 5) is 0. The van der Waals surface area contributed by atoms with E-state index in [0.717, 1.165) is 0 Å². The SMILES string of the molecule is CC1(C)CC(O)(O)CCO1. The van der Waals surface area contributed by atoms with Crippen LogP contribution in [0.1, 0.15) is 26.7 Å². The van der Waals surface area contributed by atoms with Crippen LogP contribution in [0, 0.1) is 0 Å². The lowest BCUT2D eigenvalue weighted by Gasteiger charge is -2.37. The van der Waals surface area contributed by atoms with Gasteiger partial charge in [0, 0.05) is 12.8 Å². The molecule has 10 heavy (non-hydrogen) atoms. The summed E-state index contributed by atoms with van der Waals surface area (Å²) in [7, 11) is 0. The minimum absolute atomic E-state index is 0.292. The van der Waals surface area contributed by atoms with E-state index < -0.39 is 5.79 Å². The molecule has 1 fully saturated rings. The van der Waals surface area contributed by atoms with Crippen LogP contribution in [0.25, 0.3) is 0 Å². The summed E-state index contributed by atoms with van der Waals surface area (Å²) < 4.78 is 5.28. The minimum Gasteiger partial charge on any atom is -0.375 e. The highest BCUT2D eigenvalue weighted by Gasteiger charge is 2.37. The molecule has 1 heterocycles. The molecule has 1 rings (SSSR count). The molecule has 0 aromatic heterocycles. The third-order valence-electron chi connectivity index (χ3n) is 1.70. The Morgan fingerprint density at radius 3 is 2.20 bits per heavy atom. The van der Waals surface area contributed by atoms with Gasteiger partial charge in [-0.05, 0) is 13.8 Å². The molecule has 0 unspecified atom stereocenters. The van der Waals surface area contributed by atoms with Crippen LogP contribution in [-0.4, -0.2) is 28.2 Å². The second kappa shape index (κ2) is 2.19. The van der Waals surface area contributed by atoms with Gasteiger partial charge in [-0.1, -0.05) is 0 Å². The van der Waals surface area contributed by atoms with Gasteiger partial charge in [-0.25, -0.2) is 0 Å². The average molecular weight is 146 g/mol. The first-order valence-electron chi connectivity index (χ1n) is 3.50. The molecule has 60 valence electrons. The first-order valence-corrected chi connectivity index (χ1v) is 3.50. The Hall–Kier alpha value is -0.120. The third kappa shape index (κ3) is 1.94. The van der Waals surface area contributed by atoms with Crippen molar-refractivity contribution in [1.82, 2.24) is 0 Å². The first kappa shape index (κ1) is 7.98. The van der Waals surface area contributed by atoms with Crippen LogP contribution in [0.15, 0.2) is 0 Å². The molecule has 3 heteroatoms. The van der Waals surface area contributed by atoms with Gasteiger partial charge in [0.1, 0.15) is 0 Å². The summed E-state index contributed by atoms with van der Waals surface area (Å²) in [5, 5.41) is 18.4. The van der Waals surface area contributed by atoms with Gasteiger partial charge in [0.25, 0.3) is 0 Å². The van der Waals surface area contributed by atoms with Crippen molar-refractivity contribution in [2.45, 2.75) is 38.1 Å². The maximum atomic E-state index is 9.19. The molecule has 0 aromatic rings. The Labute approximate surface area is 60.6 Å². The fourth-order valence-electron chi connectivity index (χ4n) is 1.31. The van der Waals surface area contributed by atoms with Gasteiger partial charge in [0.2, 0.25) is 0 Å². The van der Waals surface area contributed by atoms with Crippen LogP contribution in [-0.2, 0) is 4.74 Å². The summed E-state index contributed by atoms with van der Waals surface area (Å²) >= 11 is 0. The van der Waals surface area contributed by atoms with Crippen molar-refractivity contribution in [2.75, 3.05) is 6.61 Å². The van der Waals surface area contributed by atoms with E-state index in [1.165, 1.54) is 0 Å². The summed E-state index contributed by atoms with van der Waals surface area (Å²) in [6.07, 6.45) is 0.608. The molecular formula is C7H14O3. The van der Waals surface area contributed by atoms with Gasteiger partial charge in [-0.15, -0.1) is 0 Å². The monoisotopic (exact) mass is 146 g/mol. The van der Waals surface area contributed by atoms with E-state index in [1.807, 2.05) is 13.8 Å². The van der Waals surface area contributed by atoms with Gasteiger partial charge in [-0.2, -0.15) is 0 Å². The number of ether oxygens (including phenoxy) is 1. The highest BCUT2D eigenvalue weighted by Crippen LogP contribution is 2.29. The van der Waals surface area contributed by atoms with Gasteiger partial charge in [0.05, 0.1) is 12.2 Å². The van der Waals surface area contributed by atoms with E-state index in [4.69, 9.17) is 4.74 Å². The van der Waals surface area contributed by atoms with Crippen LogP contribution in [0.2, 0.25) is 0 Å². The lowest BCUT2D eigenvalue weighted by molar-refractivity contribution is -0.244. The quantitative estimate of drug-likeness (QED) is 0.482. The molecule has 1 saturated heterocycles. The molecule has 0 aliphatic carbocycles. The molecule has 0 saturated carbocycles. The molecule has 0 atom stereocenters. The first-order chi connectivity index (χ1) is 4.41. The number of rotatable bonds is 0. The van der Waals surface area contributed by atoms with Crippen molar-refractivity contribution in [3.05, 3.63) is 0 Å². The molecule has 0 spiro atoms. The normalized spacial score (nSPS) is 30.0. The van der Waals surface area contributed by atoms with Gasteiger partial charge >= 0.3 is 0 Å². The lowest BCUT2D eigenvalue weighted by Crippen LogP contribution is -2.45. The van der Waals surface area contributed by atoms with Crippen molar-refractivity contribution >= 4 is 0 Å². The number of aliphatic hydroxyl groups is 2. The van der Waals surface area contributed by atoms with Crippen molar-refractivity contribution in [3.8, 4) is 0 Å². The van der Waals surface area contributed by atoms with Crippen molar-refractivity contribution < 1.29 is 14.9 Å². The predicted octanol–water partition coefficient (Wildman–Crippen LogP) is 0.256. The van der Waals surface area contributed by atoms with Crippen molar-refractivity contribution in [3.63, 3.8) is 0 Å². The molecule has 0 amide bonds. The van der Waals surface area contributed by atoms with Crippen LogP contribution in [0.4, 0.5) is 0 Å². The largest absolute Gasteiger partial charge is 0.375 e. The van der Waals surface area contributed by atoms with Crippen LogP contribution in [0.3, 0.4) is 0 Å². The number of hydrogen-bond acceptors (Lipinski definition) is 3. The second-order valence-corrected chi connectivity index (χ2v) is 3.52. The Morgan fingerprint density at radius 1 is 1.30 bits per heavy atom. The van der Waals surface area contributed by atoms with E-state index in [0.29, 0.717) is 19.4 Å². The molecule has 0 bridgehead atoms. The smallest absolute Gasteiger partial charge is 0.167 e. The van der Waals surface area contributed by atoms with E-state index >= 15 is 0 Å². The van der Waals surface area contributed by atoms with Gasteiger partial charge in [-0.3, -0.25) is 0 Å². The van der Waals surface area contributed by atoms with Crippen molar-refractivity contribution in [1.29, 1.82) is 0 Å². The van der Waals surface area contributed by atoms with Crippen LogP contribution in [0.5, 0.6) is 0 Å². The van der Waals surface area contributed by atoms with E-state index in [1.54, 1.807) is 0 Å². The minimum atomic E-state index is -1.51. The van der Waals surface area contributed by atoms with Crippen LogP contribution >= 0.6 is 0 Å². The fourth-order valence-corrected chi connectivity index (χ4v) is 1.31. The Balaban J connectivity index is 2.56. The van der Waals surface area contributed by atoms with Crippen molar-refractivity contribution in [2.24, 2.45) is 0 Å². The van der Waals surface area contributed by atoms with Crippen LogP contribution < -0.4 is 0 Å². The highest BCUT2D eigenvalue weighted by atomic mass is 16.5. The molecule has 1 aliphatic rings. The van der Waals surface area contributed by atoms with Gasteiger partial charge in [0.15, 0.2) is 5.79 Å². The molecule has 2 N–H and O–H groups in total. The second-order valence-electron chi connectivity index (χ2n) is 3.52. The van der Waals surface area contributed by atoms with E-state index in [-0.39, 0.29) is 5.60 Å². The van der Waals surface area contributed by atoms with E-state index in [2.05, 4.69) is 0 Å². The lowest BCUT2D eigenvalue weighted by atomic mass is 9.93. The summed E-state index contributed by atoms with van der Waals surface area (Å²) in [6, 6.07) is 0. The maximum absolute atomic E-state index is 9.19. The maximum Gasteiger partial charge on any atom is 0.167 e.